The van der Waals surface area contributed by atoms with Crippen molar-refractivity contribution in [1.82, 2.24) is 15.6 Å². The molecule has 3 rings (SSSR count). The van der Waals surface area contributed by atoms with Crippen LogP contribution in [0.2, 0.25) is 0 Å². The molecule has 0 saturated heterocycles. The second kappa shape index (κ2) is 10.8. The number of nitrogens with one attached hydrogen (secondary N) is 3. The molecule has 1 aromatic heterocycles. The summed E-state index contributed by atoms with van der Waals surface area (Å²) in [6.45, 7) is 11.5. The number of rotatable bonds is 10. The molecule has 0 aliphatic carbocycles. The van der Waals surface area contributed by atoms with Crippen LogP contribution in [0.1, 0.15) is 44.7 Å². The minimum Gasteiger partial charge on any atom is -0.491 e. The number of carbonyl (C=O) groups excluding carboxylic acids is 1. The zero-order chi connectivity index (χ0) is 25.6. The van der Waals surface area contributed by atoms with Gasteiger partial charge in [-0.25, -0.2) is 0 Å². The molecular formula is C26H31F3N4O2. The second-order valence-corrected chi connectivity index (χ2v) is 9.15. The van der Waals surface area contributed by atoms with E-state index in [9.17, 15) is 18.0 Å². The third-order valence-corrected chi connectivity index (χ3v) is 5.95. The average Bonchev–Trinajstić information content (AvgIpc) is 2.81. The van der Waals surface area contributed by atoms with Crippen molar-refractivity contribution in [3.05, 3.63) is 77.4 Å². The van der Waals surface area contributed by atoms with Gasteiger partial charge in [-0.1, -0.05) is 39.5 Å². The van der Waals surface area contributed by atoms with E-state index in [1.165, 1.54) is 18.2 Å². The summed E-state index contributed by atoms with van der Waals surface area (Å²) in [4.78, 5) is 16.8. The molecule has 0 atom stereocenters. The number of para-hydroxylation sites is 1. The molecule has 0 spiro atoms. The summed E-state index contributed by atoms with van der Waals surface area (Å²) in [5, 5.41) is 8.69. The fraction of sp³-hybridized carbons (Fsp3) is 0.385. The number of hydrogen-bond acceptors (Lipinski definition) is 5. The normalized spacial score (nSPS) is 14.4. The highest BCUT2D eigenvalue weighted by Gasteiger charge is 2.34. The first-order valence-electron chi connectivity index (χ1n) is 11.5. The van der Waals surface area contributed by atoms with Gasteiger partial charge in [-0.05, 0) is 30.0 Å². The first-order chi connectivity index (χ1) is 16.5. The monoisotopic (exact) mass is 488 g/mol. The molecule has 2 aromatic rings. The third-order valence-electron chi connectivity index (χ3n) is 5.95. The maximum Gasteiger partial charge on any atom is 0.418 e. The van der Waals surface area contributed by atoms with Crippen molar-refractivity contribution in [2.75, 3.05) is 18.5 Å². The summed E-state index contributed by atoms with van der Waals surface area (Å²) in [7, 11) is 0. The van der Waals surface area contributed by atoms with Crippen molar-refractivity contribution in [2.24, 2.45) is 5.41 Å². The van der Waals surface area contributed by atoms with Crippen molar-refractivity contribution in [3.8, 4) is 5.75 Å². The molecule has 0 bridgehead atoms. The molecule has 1 aromatic carbocycles. The fourth-order valence-corrected chi connectivity index (χ4v) is 3.47. The zero-order valence-corrected chi connectivity index (χ0v) is 20.2. The Bertz CT molecular complexity index is 1110. The maximum atomic E-state index is 13.4. The van der Waals surface area contributed by atoms with E-state index in [1.807, 2.05) is 6.07 Å². The van der Waals surface area contributed by atoms with E-state index < -0.39 is 17.6 Å². The molecule has 6 nitrogen and oxygen atoms in total. The number of amides is 1. The van der Waals surface area contributed by atoms with Crippen LogP contribution in [-0.4, -0.2) is 24.0 Å². The van der Waals surface area contributed by atoms with E-state index in [4.69, 9.17) is 4.74 Å². The summed E-state index contributed by atoms with van der Waals surface area (Å²) in [5.74, 6) is 0.233. The van der Waals surface area contributed by atoms with Crippen LogP contribution in [0.25, 0.3) is 0 Å². The van der Waals surface area contributed by atoms with Crippen molar-refractivity contribution in [2.45, 2.75) is 46.3 Å². The maximum absolute atomic E-state index is 13.4. The number of alkyl halides is 3. The number of hydrogen-bond donors (Lipinski definition) is 3. The highest BCUT2D eigenvalue weighted by Crippen LogP contribution is 2.36. The van der Waals surface area contributed by atoms with Crippen LogP contribution in [0.5, 0.6) is 5.75 Å². The molecule has 2 heterocycles. The predicted octanol–water partition coefficient (Wildman–Crippen LogP) is 5.40. The van der Waals surface area contributed by atoms with E-state index >= 15 is 0 Å². The molecule has 1 aliphatic rings. The van der Waals surface area contributed by atoms with Crippen LogP contribution < -0.4 is 20.7 Å². The topological polar surface area (TPSA) is 75.3 Å². The van der Waals surface area contributed by atoms with Gasteiger partial charge in [-0.2, -0.15) is 13.2 Å². The molecule has 35 heavy (non-hydrogen) atoms. The standard InChI is InChI=1S/C26H31F3N4O2/c1-5-25(3,4)16-35-22-15-30-12-10-18(22)14-32-21-11-13-31-24(34)23(21)17(2)33-20-9-7-6-8-19(20)26(27,28)29/h6-10,12,15,32-33H,2,5,11,13-14,16H2,1,3-4H3,(H,31,34). The average molecular weight is 489 g/mol. The Morgan fingerprint density at radius 1 is 1.23 bits per heavy atom. The van der Waals surface area contributed by atoms with Crippen molar-refractivity contribution in [1.29, 1.82) is 0 Å². The van der Waals surface area contributed by atoms with Gasteiger partial charge in [0.15, 0.2) is 0 Å². The lowest BCUT2D eigenvalue weighted by atomic mass is 9.92. The Morgan fingerprint density at radius 3 is 2.69 bits per heavy atom. The Labute approximate surface area is 203 Å². The molecular weight excluding hydrogens is 457 g/mol. The van der Waals surface area contributed by atoms with Crippen molar-refractivity contribution < 1.29 is 22.7 Å². The number of ether oxygens (including phenoxy) is 1. The van der Waals surface area contributed by atoms with Gasteiger partial charge in [-0.3, -0.25) is 9.78 Å². The highest BCUT2D eigenvalue weighted by atomic mass is 19.4. The molecule has 0 saturated carbocycles. The molecule has 0 unspecified atom stereocenters. The number of halogens is 3. The van der Waals surface area contributed by atoms with Crippen LogP contribution in [0.15, 0.2) is 66.3 Å². The fourth-order valence-electron chi connectivity index (χ4n) is 3.47. The number of benzene rings is 1. The van der Waals surface area contributed by atoms with E-state index in [0.717, 1.165) is 18.1 Å². The SMILES string of the molecule is C=C(Nc1ccccc1C(F)(F)F)C1=C(NCc2ccncc2OCC(C)(C)CC)CCNC1=O. The lowest BCUT2D eigenvalue weighted by Gasteiger charge is -2.25. The van der Waals surface area contributed by atoms with Gasteiger partial charge in [0.2, 0.25) is 0 Å². The first-order valence-corrected chi connectivity index (χ1v) is 11.5. The van der Waals surface area contributed by atoms with Gasteiger partial charge in [0.1, 0.15) is 5.75 Å². The number of carbonyl (C=O) groups is 1. The van der Waals surface area contributed by atoms with Gasteiger partial charge in [0, 0.05) is 42.7 Å². The number of aromatic nitrogens is 1. The zero-order valence-electron chi connectivity index (χ0n) is 20.2. The molecule has 0 fully saturated rings. The number of nitrogens with zero attached hydrogens (tertiary/aromatic N) is 1. The van der Waals surface area contributed by atoms with Gasteiger partial charge in [0.05, 0.1) is 29.6 Å². The first kappa shape index (κ1) is 26.1. The van der Waals surface area contributed by atoms with Crippen LogP contribution in [0, 0.1) is 5.41 Å². The van der Waals surface area contributed by atoms with Crippen molar-refractivity contribution >= 4 is 11.6 Å². The molecule has 1 aliphatic heterocycles. The Kier molecular flexibility index (Phi) is 8.09. The lowest BCUT2D eigenvalue weighted by molar-refractivity contribution is -0.136. The van der Waals surface area contributed by atoms with Crippen LogP contribution >= 0.6 is 0 Å². The Morgan fingerprint density at radius 2 is 1.97 bits per heavy atom. The third kappa shape index (κ3) is 6.77. The molecule has 9 heteroatoms. The van der Waals surface area contributed by atoms with E-state index in [0.29, 0.717) is 37.6 Å². The summed E-state index contributed by atoms with van der Waals surface area (Å²) in [6, 6.07) is 6.92. The van der Waals surface area contributed by atoms with Crippen molar-refractivity contribution in [3.63, 3.8) is 0 Å². The second-order valence-electron chi connectivity index (χ2n) is 9.15. The summed E-state index contributed by atoms with van der Waals surface area (Å²) in [5.41, 5.74) is 0.722. The molecule has 188 valence electrons. The van der Waals surface area contributed by atoms with E-state index in [1.54, 1.807) is 12.4 Å². The lowest BCUT2D eigenvalue weighted by Crippen LogP contribution is -2.37. The van der Waals surface area contributed by atoms with Gasteiger partial charge in [0.25, 0.3) is 5.91 Å². The van der Waals surface area contributed by atoms with E-state index in [-0.39, 0.29) is 22.4 Å². The summed E-state index contributed by atoms with van der Waals surface area (Å²) in [6.07, 6.45) is 0.205. The van der Waals surface area contributed by atoms with Crippen LogP contribution in [0.3, 0.4) is 0 Å². The Balaban J connectivity index is 1.81. The molecule has 3 N–H and O–H groups in total. The minimum atomic E-state index is -4.54. The predicted molar refractivity (Wildman–Crippen MR) is 130 cm³/mol. The Hall–Kier alpha value is -3.49. The largest absolute Gasteiger partial charge is 0.491 e. The van der Waals surface area contributed by atoms with Gasteiger partial charge >= 0.3 is 6.18 Å². The summed E-state index contributed by atoms with van der Waals surface area (Å²) >= 11 is 0. The van der Waals surface area contributed by atoms with Crippen LogP contribution in [0.4, 0.5) is 18.9 Å². The number of anilines is 1. The quantitative estimate of drug-likeness (QED) is 0.417. The number of pyridine rings is 1. The minimum absolute atomic E-state index is 0.00775. The molecule has 1 amide bonds. The van der Waals surface area contributed by atoms with Gasteiger partial charge < -0.3 is 20.7 Å². The highest BCUT2D eigenvalue weighted by molar-refractivity contribution is 6.00. The van der Waals surface area contributed by atoms with E-state index in [2.05, 4.69) is 48.3 Å². The van der Waals surface area contributed by atoms with Gasteiger partial charge in [-0.15, -0.1) is 0 Å². The summed E-state index contributed by atoms with van der Waals surface area (Å²) < 4.78 is 46.2. The molecule has 0 radical (unpaired) electrons. The smallest absolute Gasteiger partial charge is 0.418 e. The van der Waals surface area contributed by atoms with Crippen LogP contribution in [-0.2, 0) is 17.5 Å².